The predicted octanol–water partition coefficient (Wildman–Crippen LogP) is 1.86. The van der Waals surface area contributed by atoms with E-state index in [1.807, 2.05) is 0 Å². The number of alkyl halides is 3. The summed E-state index contributed by atoms with van der Waals surface area (Å²) < 4.78 is 37.1. The Balaban J connectivity index is 1.91. The molecule has 0 aliphatic carbocycles. The number of nitrogens with zero attached hydrogens (tertiary/aromatic N) is 5. The number of rotatable bonds is 4. The average molecular weight is 310 g/mol. The van der Waals surface area contributed by atoms with Crippen molar-refractivity contribution in [1.82, 2.24) is 29.9 Å². The number of imidazole rings is 1. The van der Waals surface area contributed by atoms with Gasteiger partial charge in [-0.1, -0.05) is 0 Å². The fourth-order valence-electron chi connectivity index (χ4n) is 1.68. The van der Waals surface area contributed by atoms with Crippen molar-refractivity contribution in [3.63, 3.8) is 0 Å². The second kappa shape index (κ2) is 5.42. The first-order valence-electron chi connectivity index (χ1n) is 6.06. The van der Waals surface area contributed by atoms with Crippen molar-refractivity contribution in [1.29, 1.82) is 0 Å². The van der Waals surface area contributed by atoms with Crippen molar-refractivity contribution in [3.05, 3.63) is 24.9 Å². The van der Waals surface area contributed by atoms with E-state index in [9.17, 15) is 13.2 Å². The van der Waals surface area contributed by atoms with Crippen molar-refractivity contribution in [2.45, 2.75) is 6.18 Å². The second-order valence-electron chi connectivity index (χ2n) is 4.19. The molecule has 22 heavy (non-hydrogen) atoms. The molecule has 8 nitrogen and oxygen atoms in total. The summed E-state index contributed by atoms with van der Waals surface area (Å²) in [5.74, 6) is 0.478. The number of H-pyrrole nitrogens is 1. The summed E-state index contributed by atoms with van der Waals surface area (Å²) in [7, 11) is 0. The van der Waals surface area contributed by atoms with E-state index in [1.165, 1.54) is 18.9 Å². The first-order chi connectivity index (χ1) is 10.5. The number of nitrogens with one attached hydrogen (secondary N) is 3. The van der Waals surface area contributed by atoms with E-state index >= 15 is 0 Å². The van der Waals surface area contributed by atoms with Crippen molar-refractivity contribution < 1.29 is 13.2 Å². The zero-order chi connectivity index (χ0) is 15.6. The third-order valence-electron chi connectivity index (χ3n) is 2.56. The van der Waals surface area contributed by atoms with Crippen molar-refractivity contribution in [3.8, 4) is 0 Å². The highest BCUT2D eigenvalue weighted by molar-refractivity contribution is 5.84. The first kappa shape index (κ1) is 14.0. The van der Waals surface area contributed by atoms with Crippen LogP contribution in [0.25, 0.3) is 11.2 Å². The van der Waals surface area contributed by atoms with Crippen LogP contribution >= 0.6 is 0 Å². The lowest BCUT2D eigenvalue weighted by Gasteiger charge is -2.10. The molecule has 3 rings (SSSR count). The molecule has 0 saturated heterocycles. The summed E-state index contributed by atoms with van der Waals surface area (Å²) in [5, 5.41) is 4.99. The van der Waals surface area contributed by atoms with Crippen molar-refractivity contribution in [2.24, 2.45) is 0 Å². The van der Waals surface area contributed by atoms with Crippen molar-refractivity contribution in [2.75, 3.05) is 17.2 Å². The molecule has 0 aliphatic rings. The summed E-state index contributed by atoms with van der Waals surface area (Å²) >= 11 is 0. The summed E-state index contributed by atoms with van der Waals surface area (Å²) in [4.78, 5) is 22.4. The Morgan fingerprint density at radius 2 is 2.05 bits per heavy atom. The molecule has 114 valence electrons. The van der Waals surface area contributed by atoms with Gasteiger partial charge in [0.2, 0.25) is 5.95 Å². The van der Waals surface area contributed by atoms with E-state index in [2.05, 4.69) is 40.5 Å². The number of halogens is 3. The Bertz CT molecular complexity index is 770. The Labute approximate surface area is 121 Å². The van der Waals surface area contributed by atoms with Gasteiger partial charge in [-0.25, -0.2) is 15.0 Å². The van der Waals surface area contributed by atoms with Gasteiger partial charge in [-0.15, -0.1) is 0 Å². The third kappa shape index (κ3) is 3.19. The molecule has 3 N–H and O–H groups in total. The van der Waals surface area contributed by atoms with Crippen LogP contribution in [0.4, 0.5) is 30.8 Å². The highest BCUT2D eigenvalue weighted by Crippen LogP contribution is 2.22. The summed E-state index contributed by atoms with van der Waals surface area (Å²) in [6.45, 7) is -1.22. The fraction of sp³-hybridized carbons (Fsp3) is 0.182. The van der Waals surface area contributed by atoms with Crippen LogP contribution in [0, 0.1) is 0 Å². The molecule has 0 unspecified atom stereocenters. The van der Waals surface area contributed by atoms with E-state index in [0.29, 0.717) is 5.82 Å². The van der Waals surface area contributed by atoms with Crippen LogP contribution in [0.3, 0.4) is 0 Å². The molecule has 0 saturated carbocycles. The monoisotopic (exact) mass is 310 g/mol. The number of aromatic amines is 1. The lowest BCUT2D eigenvalue weighted by molar-refractivity contribution is -0.115. The highest BCUT2D eigenvalue weighted by Gasteiger charge is 2.27. The van der Waals surface area contributed by atoms with Crippen LogP contribution in [-0.2, 0) is 0 Å². The van der Waals surface area contributed by atoms with Crippen LogP contribution in [0.1, 0.15) is 0 Å². The molecule has 0 aliphatic heterocycles. The van der Waals surface area contributed by atoms with Gasteiger partial charge >= 0.3 is 6.18 Å². The van der Waals surface area contributed by atoms with Gasteiger partial charge in [0.1, 0.15) is 24.2 Å². The van der Waals surface area contributed by atoms with E-state index < -0.39 is 12.7 Å². The van der Waals surface area contributed by atoms with Gasteiger partial charge in [0, 0.05) is 6.20 Å². The van der Waals surface area contributed by atoms with E-state index in [1.54, 1.807) is 6.07 Å². The molecule has 11 heteroatoms. The molecule has 0 spiro atoms. The molecule has 0 radical (unpaired) electrons. The van der Waals surface area contributed by atoms with E-state index in [-0.39, 0.29) is 22.9 Å². The topological polar surface area (TPSA) is 104 Å². The Morgan fingerprint density at radius 1 is 1.18 bits per heavy atom. The maximum atomic E-state index is 12.4. The molecule has 0 aromatic carbocycles. The molecule has 3 aromatic rings. The van der Waals surface area contributed by atoms with Crippen LogP contribution < -0.4 is 10.6 Å². The quantitative estimate of drug-likeness (QED) is 0.675. The standard InChI is InChI=1S/C11H9F3N8/c12-11(13,14)3-16-8-7-9(19-5-18-7)22-10(21-8)20-6-1-2-15-4-17-6/h1-2,4-5H,3H2,(H3,15,16,17,18,19,20,21,22). The van der Waals surface area contributed by atoms with Gasteiger partial charge in [-0.2, -0.15) is 23.1 Å². The number of hydrogen-bond acceptors (Lipinski definition) is 7. The number of hydrogen-bond donors (Lipinski definition) is 3. The predicted molar refractivity (Wildman–Crippen MR) is 71.5 cm³/mol. The molecule has 3 aromatic heterocycles. The van der Waals surface area contributed by atoms with Gasteiger partial charge in [-0.05, 0) is 6.07 Å². The maximum absolute atomic E-state index is 12.4. The Morgan fingerprint density at radius 3 is 2.77 bits per heavy atom. The van der Waals surface area contributed by atoms with Crippen molar-refractivity contribution >= 4 is 28.7 Å². The lowest BCUT2D eigenvalue weighted by atomic mass is 10.4. The molecule has 0 amide bonds. The van der Waals surface area contributed by atoms with Gasteiger partial charge in [0.15, 0.2) is 11.5 Å². The fourth-order valence-corrected chi connectivity index (χ4v) is 1.68. The van der Waals surface area contributed by atoms with E-state index in [4.69, 9.17) is 0 Å². The lowest BCUT2D eigenvalue weighted by Crippen LogP contribution is -2.22. The van der Waals surface area contributed by atoms with E-state index in [0.717, 1.165) is 0 Å². The minimum absolute atomic E-state index is 0.00335. The highest BCUT2D eigenvalue weighted by atomic mass is 19.4. The SMILES string of the molecule is FC(F)(F)CNc1nc(Nc2ccncn2)nc2nc[nH]c12. The number of aromatic nitrogens is 6. The number of anilines is 3. The zero-order valence-corrected chi connectivity index (χ0v) is 10.9. The van der Waals surface area contributed by atoms with Gasteiger partial charge < -0.3 is 15.6 Å². The van der Waals surface area contributed by atoms with Gasteiger partial charge in [-0.3, -0.25) is 0 Å². The molecular weight excluding hydrogens is 301 g/mol. The molecule has 0 atom stereocenters. The largest absolute Gasteiger partial charge is 0.405 e. The number of fused-ring (bicyclic) bond motifs is 1. The normalized spacial score (nSPS) is 11.6. The first-order valence-corrected chi connectivity index (χ1v) is 6.06. The molecule has 0 fully saturated rings. The van der Waals surface area contributed by atoms with Crippen LogP contribution in [-0.4, -0.2) is 42.6 Å². The molecule has 3 heterocycles. The summed E-state index contributed by atoms with van der Waals surface area (Å²) in [6, 6.07) is 1.57. The maximum Gasteiger partial charge on any atom is 0.405 e. The Kier molecular flexibility index (Phi) is 3.45. The summed E-state index contributed by atoms with van der Waals surface area (Å²) in [5.41, 5.74) is 0.522. The van der Waals surface area contributed by atoms with Crippen LogP contribution in [0.15, 0.2) is 24.9 Å². The second-order valence-corrected chi connectivity index (χ2v) is 4.19. The molecular formula is C11H9F3N8. The minimum atomic E-state index is -4.36. The minimum Gasteiger partial charge on any atom is -0.359 e. The van der Waals surface area contributed by atoms with Gasteiger partial charge in [0.25, 0.3) is 0 Å². The summed E-state index contributed by atoms with van der Waals surface area (Å²) in [6.07, 6.45) is -0.215. The van der Waals surface area contributed by atoms with Gasteiger partial charge in [0.05, 0.1) is 6.33 Å². The smallest absolute Gasteiger partial charge is 0.359 e. The zero-order valence-electron chi connectivity index (χ0n) is 10.9. The average Bonchev–Trinajstić information content (AvgIpc) is 2.93. The molecule has 0 bridgehead atoms. The van der Waals surface area contributed by atoms with Crippen LogP contribution in [0.5, 0.6) is 0 Å². The Hall–Kier alpha value is -2.98. The third-order valence-corrected chi connectivity index (χ3v) is 2.56. The van der Waals surface area contributed by atoms with Crippen LogP contribution in [0.2, 0.25) is 0 Å².